The highest BCUT2D eigenvalue weighted by Crippen LogP contribution is 2.24. The Labute approximate surface area is 112 Å². The standard InChI is InChI=1S/C14H21NO2S/c1-2-11-7-9-18-13(11)14(17)15-8-5-3-4-6-12(15)10-16/h7,9,12,16H,2-6,8,10H2,1H3. The molecule has 3 nitrogen and oxygen atoms in total. The minimum Gasteiger partial charge on any atom is -0.394 e. The maximum Gasteiger partial charge on any atom is 0.264 e. The molecule has 100 valence electrons. The minimum absolute atomic E-state index is 0.00630. The van der Waals surface area contributed by atoms with Crippen LogP contribution in [0.1, 0.15) is 47.8 Å². The predicted octanol–water partition coefficient (Wildman–Crippen LogP) is 2.69. The number of carbonyl (C=O) groups is 1. The molecular formula is C14H21NO2S. The van der Waals surface area contributed by atoms with Crippen LogP contribution >= 0.6 is 11.3 Å². The number of likely N-dealkylation sites (tertiary alicyclic amines) is 1. The zero-order valence-corrected chi connectivity index (χ0v) is 11.7. The zero-order chi connectivity index (χ0) is 13.0. The number of nitrogens with zero attached hydrogens (tertiary/aromatic N) is 1. The second-order valence-corrected chi connectivity index (χ2v) is 5.73. The summed E-state index contributed by atoms with van der Waals surface area (Å²) in [6.07, 6.45) is 5.14. The van der Waals surface area contributed by atoms with E-state index in [-0.39, 0.29) is 18.6 Å². The van der Waals surface area contributed by atoms with E-state index in [9.17, 15) is 9.90 Å². The van der Waals surface area contributed by atoms with Gasteiger partial charge in [-0.05, 0) is 36.3 Å². The van der Waals surface area contributed by atoms with E-state index in [1.54, 1.807) is 0 Å². The Balaban J connectivity index is 2.20. The molecular weight excluding hydrogens is 246 g/mol. The van der Waals surface area contributed by atoms with Gasteiger partial charge >= 0.3 is 0 Å². The molecule has 1 aliphatic rings. The summed E-state index contributed by atoms with van der Waals surface area (Å²) in [4.78, 5) is 15.3. The first-order valence-electron chi connectivity index (χ1n) is 6.76. The molecule has 2 rings (SSSR count). The number of carbonyl (C=O) groups excluding carboxylic acids is 1. The van der Waals surface area contributed by atoms with Crippen molar-refractivity contribution in [1.29, 1.82) is 0 Å². The van der Waals surface area contributed by atoms with E-state index in [0.29, 0.717) is 0 Å². The van der Waals surface area contributed by atoms with Crippen molar-refractivity contribution in [3.05, 3.63) is 21.9 Å². The molecule has 0 aliphatic carbocycles. The first-order valence-corrected chi connectivity index (χ1v) is 7.64. The third kappa shape index (κ3) is 2.75. The number of hydrogen-bond acceptors (Lipinski definition) is 3. The Bertz CT molecular complexity index is 402. The van der Waals surface area contributed by atoms with Crippen molar-refractivity contribution in [1.82, 2.24) is 4.90 Å². The lowest BCUT2D eigenvalue weighted by molar-refractivity contribution is 0.0603. The molecule has 1 atom stereocenters. The van der Waals surface area contributed by atoms with Crippen LogP contribution in [0.2, 0.25) is 0 Å². The van der Waals surface area contributed by atoms with Crippen LogP contribution in [0.25, 0.3) is 0 Å². The van der Waals surface area contributed by atoms with Gasteiger partial charge in [-0.15, -0.1) is 11.3 Å². The quantitative estimate of drug-likeness (QED) is 0.914. The van der Waals surface area contributed by atoms with Gasteiger partial charge in [-0.25, -0.2) is 0 Å². The fourth-order valence-electron chi connectivity index (χ4n) is 2.57. The van der Waals surface area contributed by atoms with E-state index in [0.717, 1.165) is 49.1 Å². The minimum atomic E-state index is 0.00630. The van der Waals surface area contributed by atoms with Gasteiger partial charge in [0.1, 0.15) is 0 Å². The molecule has 18 heavy (non-hydrogen) atoms. The molecule has 1 N–H and O–H groups in total. The van der Waals surface area contributed by atoms with Gasteiger partial charge in [0.15, 0.2) is 0 Å². The fourth-order valence-corrected chi connectivity index (χ4v) is 3.52. The predicted molar refractivity (Wildman–Crippen MR) is 74.1 cm³/mol. The third-order valence-corrected chi connectivity index (χ3v) is 4.62. The summed E-state index contributed by atoms with van der Waals surface area (Å²) in [5.41, 5.74) is 1.13. The van der Waals surface area contributed by atoms with Crippen molar-refractivity contribution in [3.8, 4) is 0 Å². The fraction of sp³-hybridized carbons (Fsp3) is 0.643. The first kappa shape index (κ1) is 13.6. The summed E-state index contributed by atoms with van der Waals surface area (Å²) >= 11 is 1.52. The van der Waals surface area contributed by atoms with Crippen molar-refractivity contribution < 1.29 is 9.90 Å². The first-order chi connectivity index (χ1) is 8.77. The average molecular weight is 267 g/mol. The second-order valence-electron chi connectivity index (χ2n) is 4.81. The molecule has 1 aliphatic heterocycles. The van der Waals surface area contributed by atoms with Crippen LogP contribution in [-0.4, -0.2) is 35.1 Å². The summed E-state index contributed by atoms with van der Waals surface area (Å²) in [5.74, 6) is 0.114. The van der Waals surface area contributed by atoms with Crippen LogP contribution in [-0.2, 0) is 6.42 Å². The second kappa shape index (κ2) is 6.34. The largest absolute Gasteiger partial charge is 0.394 e. The van der Waals surface area contributed by atoms with E-state index < -0.39 is 0 Å². The van der Waals surface area contributed by atoms with Crippen molar-refractivity contribution >= 4 is 17.2 Å². The number of aryl methyl sites for hydroxylation is 1. The molecule has 0 bridgehead atoms. The summed E-state index contributed by atoms with van der Waals surface area (Å²) in [5, 5.41) is 11.5. The maximum absolute atomic E-state index is 12.6. The van der Waals surface area contributed by atoms with Crippen molar-refractivity contribution in [2.24, 2.45) is 0 Å². The Kier molecular flexibility index (Phi) is 4.78. The van der Waals surface area contributed by atoms with Gasteiger partial charge in [0.2, 0.25) is 0 Å². The van der Waals surface area contributed by atoms with E-state index in [4.69, 9.17) is 0 Å². The molecule has 0 spiro atoms. The van der Waals surface area contributed by atoms with Crippen LogP contribution in [0.3, 0.4) is 0 Å². The average Bonchev–Trinajstić information content (AvgIpc) is 2.74. The third-order valence-electron chi connectivity index (χ3n) is 3.67. The summed E-state index contributed by atoms with van der Waals surface area (Å²) in [7, 11) is 0. The molecule has 1 aromatic heterocycles. The van der Waals surface area contributed by atoms with Gasteiger partial charge in [0.05, 0.1) is 17.5 Å². The van der Waals surface area contributed by atoms with Crippen molar-refractivity contribution in [3.63, 3.8) is 0 Å². The normalized spacial score (nSPS) is 20.8. The van der Waals surface area contributed by atoms with Crippen molar-refractivity contribution in [2.45, 2.75) is 45.1 Å². The van der Waals surface area contributed by atoms with Crippen molar-refractivity contribution in [2.75, 3.05) is 13.2 Å². The molecule has 0 radical (unpaired) electrons. The SMILES string of the molecule is CCc1ccsc1C(=O)N1CCCCCC1CO. The molecule has 0 aromatic carbocycles. The van der Waals surface area contributed by atoms with E-state index in [1.807, 2.05) is 16.3 Å². The lowest BCUT2D eigenvalue weighted by atomic mass is 10.1. The Hall–Kier alpha value is -0.870. The van der Waals surface area contributed by atoms with Gasteiger partial charge in [-0.2, -0.15) is 0 Å². The smallest absolute Gasteiger partial charge is 0.264 e. The van der Waals surface area contributed by atoms with Crippen LogP contribution in [0, 0.1) is 0 Å². The molecule has 4 heteroatoms. The van der Waals surface area contributed by atoms with Gasteiger partial charge in [-0.3, -0.25) is 4.79 Å². The summed E-state index contributed by atoms with van der Waals surface area (Å²) in [6.45, 7) is 2.94. The Morgan fingerprint density at radius 2 is 2.33 bits per heavy atom. The number of amides is 1. The highest BCUT2D eigenvalue weighted by atomic mass is 32.1. The van der Waals surface area contributed by atoms with Gasteiger partial charge in [0.25, 0.3) is 5.91 Å². The zero-order valence-electron chi connectivity index (χ0n) is 10.9. The maximum atomic E-state index is 12.6. The molecule has 1 saturated heterocycles. The van der Waals surface area contributed by atoms with Gasteiger partial charge in [0, 0.05) is 6.54 Å². The molecule has 0 saturated carbocycles. The molecule has 1 aromatic rings. The number of rotatable bonds is 3. The molecule has 1 fully saturated rings. The van der Waals surface area contributed by atoms with Crippen LogP contribution < -0.4 is 0 Å². The monoisotopic (exact) mass is 267 g/mol. The highest BCUT2D eigenvalue weighted by molar-refractivity contribution is 7.12. The topological polar surface area (TPSA) is 40.5 Å². The summed E-state index contributed by atoms with van der Waals surface area (Å²) in [6, 6.07) is 2.04. The number of thiophene rings is 1. The molecule has 1 amide bonds. The molecule has 2 heterocycles. The number of hydrogen-bond donors (Lipinski definition) is 1. The Morgan fingerprint density at radius 3 is 3.06 bits per heavy atom. The van der Waals surface area contributed by atoms with E-state index >= 15 is 0 Å². The van der Waals surface area contributed by atoms with E-state index in [2.05, 4.69) is 6.92 Å². The lowest BCUT2D eigenvalue weighted by Gasteiger charge is -2.28. The lowest BCUT2D eigenvalue weighted by Crippen LogP contribution is -2.42. The van der Waals surface area contributed by atoms with Crippen LogP contribution in [0.5, 0.6) is 0 Å². The molecule has 1 unspecified atom stereocenters. The van der Waals surface area contributed by atoms with Gasteiger partial charge < -0.3 is 10.0 Å². The Morgan fingerprint density at radius 1 is 1.50 bits per heavy atom. The number of aliphatic hydroxyl groups excluding tert-OH is 1. The van der Waals surface area contributed by atoms with E-state index in [1.165, 1.54) is 11.3 Å². The van der Waals surface area contributed by atoms with Gasteiger partial charge in [-0.1, -0.05) is 19.8 Å². The van der Waals surface area contributed by atoms with Crippen LogP contribution in [0.4, 0.5) is 0 Å². The number of aliphatic hydroxyl groups is 1. The highest BCUT2D eigenvalue weighted by Gasteiger charge is 2.27. The van der Waals surface area contributed by atoms with Crippen LogP contribution in [0.15, 0.2) is 11.4 Å². The summed E-state index contributed by atoms with van der Waals surface area (Å²) < 4.78 is 0.